The Morgan fingerprint density at radius 2 is 2.17 bits per heavy atom. The maximum Gasteiger partial charge on any atom is 0.404 e. The lowest BCUT2D eigenvalue weighted by Gasteiger charge is -2.10. The Balaban J connectivity index is 2.58. The summed E-state index contributed by atoms with van der Waals surface area (Å²) >= 11 is 3.12. The van der Waals surface area contributed by atoms with Gasteiger partial charge in [0.25, 0.3) is 0 Å². The van der Waals surface area contributed by atoms with E-state index in [4.69, 9.17) is 5.11 Å². The summed E-state index contributed by atoms with van der Waals surface area (Å²) < 4.78 is 13.3. The Morgan fingerprint density at radius 1 is 1.50 bits per heavy atom. The molecule has 18 heavy (non-hydrogen) atoms. The number of halogens is 2. The van der Waals surface area contributed by atoms with Crippen LogP contribution in [0.15, 0.2) is 22.7 Å². The van der Waals surface area contributed by atoms with Gasteiger partial charge < -0.3 is 10.4 Å². The highest BCUT2D eigenvalue weighted by molar-refractivity contribution is 9.10. The summed E-state index contributed by atoms with van der Waals surface area (Å²) in [7, 11) is 0. The first kappa shape index (κ1) is 14.6. The van der Waals surface area contributed by atoms with Gasteiger partial charge in [0.15, 0.2) is 5.78 Å². The van der Waals surface area contributed by atoms with E-state index in [1.807, 2.05) is 0 Å². The van der Waals surface area contributed by atoms with E-state index in [9.17, 15) is 14.0 Å². The Kier molecular flexibility index (Phi) is 5.27. The first-order chi connectivity index (χ1) is 8.40. The average molecular weight is 318 g/mol. The molecule has 1 unspecified atom stereocenters. The molecule has 0 saturated carbocycles. The number of rotatable bonds is 5. The van der Waals surface area contributed by atoms with Gasteiger partial charge in [-0.2, -0.15) is 0 Å². The van der Waals surface area contributed by atoms with Gasteiger partial charge in [0.1, 0.15) is 5.82 Å². The zero-order valence-corrected chi connectivity index (χ0v) is 11.3. The molecule has 0 bridgehead atoms. The predicted octanol–water partition coefficient (Wildman–Crippen LogP) is 3.21. The standard InChI is InChI=1S/C12H13BrFNO3/c1-7(15-12(17)18)2-5-11(16)9-4-3-8(14)6-10(9)13/h3-4,6-7,15H,2,5H2,1H3,(H,17,18). The second-order valence-corrected chi connectivity index (χ2v) is 4.79. The van der Waals surface area contributed by atoms with Crippen molar-refractivity contribution in [2.24, 2.45) is 0 Å². The van der Waals surface area contributed by atoms with E-state index < -0.39 is 11.9 Å². The van der Waals surface area contributed by atoms with Crippen LogP contribution in [0.1, 0.15) is 30.1 Å². The minimum atomic E-state index is -1.11. The normalized spacial score (nSPS) is 11.9. The lowest BCUT2D eigenvalue weighted by atomic mass is 10.0. The molecule has 1 aromatic rings. The monoisotopic (exact) mass is 317 g/mol. The molecule has 98 valence electrons. The minimum Gasteiger partial charge on any atom is -0.465 e. The fourth-order valence-corrected chi connectivity index (χ4v) is 2.05. The van der Waals surface area contributed by atoms with Crippen molar-refractivity contribution in [3.05, 3.63) is 34.1 Å². The van der Waals surface area contributed by atoms with Crippen LogP contribution in [-0.2, 0) is 0 Å². The van der Waals surface area contributed by atoms with Gasteiger partial charge in [0.05, 0.1) is 0 Å². The van der Waals surface area contributed by atoms with Gasteiger partial charge in [-0.3, -0.25) is 4.79 Å². The van der Waals surface area contributed by atoms with Crippen molar-refractivity contribution in [2.45, 2.75) is 25.8 Å². The summed E-state index contributed by atoms with van der Waals surface area (Å²) in [5, 5.41) is 10.8. The lowest BCUT2D eigenvalue weighted by molar-refractivity contribution is 0.0974. The zero-order valence-electron chi connectivity index (χ0n) is 9.74. The summed E-state index contributed by atoms with van der Waals surface area (Å²) in [6, 6.07) is 3.56. The van der Waals surface area contributed by atoms with E-state index in [2.05, 4.69) is 21.2 Å². The third-order valence-corrected chi connectivity index (χ3v) is 3.06. The van der Waals surface area contributed by atoms with Gasteiger partial charge in [-0.25, -0.2) is 9.18 Å². The van der Waals surface area contributed by atoms with E-state index in [1.54, 1.807) is 6.92 Å². The summed E-state index contributed by atoms with van der Waals surface area (Å²) in [4.78, 5) is 22.2. The highest BCUT2D eigenvalue weighted by Gasteiger charge is 2.13. The van der Waals surface area contributed by atoms with Crippen LogP contribution in [0.2, 0.25) is 0 Å². The minimum absolute atomic E-state index is 0.152. The number of hydrogen-bond acceptors (Lipinski definition) is 2. The van der Waals surface area contributed by atoms with Crippen LogP contribution in [0.25, 0.3) is 0 Å². The van der Waals surface area contributed by atoms with Crippen molar-refractivity contribution in [1.29, 1.82) is 0 Å². The SMILES string of the molecule is CC(CCC(=O)c1ccc(F)cc1Br)NC(=O)O. The molecule has 6 heteroatoms. The Bertz CT molecular complexity index is 465. The lowest BCUT2D eigenvalue weighted by Crippen LogP contribution is -2.31. The number of benzene rings is 1. The summed E-state index contributed by atoms with van der Waals surface area (Å²) in [6.07, 6.45) is -0.515. The number of nitrogens with one attached hydrogen (secondary N) is 1. The third kappa shape index (κ3) is 4.44. The summed E-state index contributed by atoms with van der Waals surface area (Å²) in [5.41, 5.74) is 0.402. The van der Waals surface area contributed by atoms with Crippen molar-refractivity contribution in [3.8, 4) is 0 Å². The maximum atomic E-state index is 12.9. The second-order valence-electron chi connectivity index (χ2n) is 3.94. The van der Waals surface area contributed by atoms with Crippen molar-refractivity contribution in [2.75, 3.05) is 0 Å². The molecule has 1 rings (SSSR count). The number of carboxylic acid groups (broad SMARTS) is 1. The van der Waals surface area contributed by atoms with E-state index >= 15 is 0 Å². The van der Waals surface area contributed by atoms with E-state index in [0.29, 0.717) is 16.5 Å². The smallest absolute Gasteiger partial charge is 0.404 e. The van der Waals surface area contributed by atoms with E-state index in [0.717, 1.165) is 0 Å². The first-order valence-corrected chi connectivity index (χ1v) is 6.17. The molecule has 0 aliphatic rings. The van der Waals surface area contributed by atoms with Crippen molar-refractivity contribution in [3.63, 3.8) is 0 Å². The van der Waals surface area contributed by atoms with Gasteiger partial charge in [-0.15, -0.1) is 0 Å². The predicted molar refractivity (Wildman–Crippen MR) is 68.3 cm³/mol. The fourth-order valence-electron chi connectivity index (χ4n) is 1.48. The summed E-state index contributed by atoms with van der Waals surface area (Å²) in [6.45, 7) is 1.68. The van der Waals surface area contributed by atoms with Crippen LogP contribution in [0, 0.1) is 5.82 Å². The second kappa shape index (κ2) is 6.49. The zero-order chi connectivity index (χ0) is 13.7. The molecule has 2 N–H and O–H groups in total. The quantitative estimate of drug-likeness (QED) is 0.819. The van der Waals surface area contributed by atoms with Crippen molar-refractivity contribution in [1.82, 2.24) is 5.32 Å². The van der Waals surface area contributed by atoms with Gasteiger partial charge in [0, 0.05) is 22.5 Å². The highest BCUT2D eigenvalue weighted by atomic mass is 79.9. The topological polar surface area (TPSA) is 66.4 Å². The van der Waals surface area contributed by atoms with Gasteiger partial charge in [-0.05, 0) is 47.5 Å². The van der Waals surface area contributed by atoms with E-state index in [-0.39, 0.29) is 18.2 Å². The molecule has 0 aliphatic heterocycles. The third-order valence-electron chi connectivity index (χ3n) is 2.41. The Hall–Kier alpha value is -1.43. The molecular formula is C12H13BrFNO3. The molecule has 0 spiro atoms. The van der Waals surface area contributed by atoms with E-state index in [1.165, 1.54) is 18.2 Å². The number of Topliss-reactive ketones (excluding diaryl/α,β-unsaturated/α-hetero) is 1. The van der Waals surface area contributed by atoms with Crippen LogP contribution in [-0.4, -0.2) is 23.0 Å². The van der Waals surface area contributed by atoms with Gasteiger partial charge in [-0.1, -0.05) is 0 Å². The number of carbonyl (C=O) groups excluding carboxylic acids is 1. The number of carbonyl (C=O) groups is 2. The van der Waals surface area contributed by atoms with Gasteiger partial charge >= 0.3 is 6.09 Å². The first-order valence-electron chi connectivity index (χ1n) is 5.38. The molecule has 1 aromatic carbocycles. The molecule has 0 heterocycles. The molecule has 1 amide bonds. The van der Waals surface area contributed by atoms with Crippen LogP contribution < -0.4 is 5.32 Å². The van der Waals surface area contributed by atoms with Crippen LogP contribution in [0.4, 0.5) is 9.18 Å². The van der Waals surface area contributed by atoms with Crippen LogP contribution >= 0.6 is 15.9 Å². The van der Waals surface area contributed by atoms with Crippen LogP contribution in [0.5, 0.6) is 0 Å². The number of hydrogen-bond donors (Lipinski definition) is 2. The number of ketones is 1. The van der Waals surface area contributed by atoms with Gasteiger partial charge in [0.2, 0.25) is 0 Å². The summed E-state index contributed by atoms with van der Waals surface area (Å²) in [5.74, 6) is -0.569. The molecule has 4 nitrogen and oxygen atoms in total. The maximum absolute atomic E-state index is 12.9. The van der Waals surface area contributed by atoms with Crippen molar-refractivity contribution < 1.29 is 19.1 Å². The fraction of sp³-hybridized carbons (Fsp3) is 0.333. The number of amides is 1. The molecule has 0 radical (unpaired) electrons. The van der Waals surface area contributed by atoms with Crippen LogP contribution in [0.3, 0.4) is 0 Å². The molecule has 1 atom stereocenters. The Labute approximate surface area is 112 Å². The molecule has 0 saturated heterocycles. The van der Waals surface area contributed by atoms with Crippen molar-refractivity contribution >= 4 is 27.8 Å². The molecule has 0 aromatic heterocycles. The molecular weight excluding hydrogens is 305 g/mol. The Morgan fingerprint density at radius 3 is 2.72 bits per heavy atom. The highest BCUT2D eigenvalue weighted by Crippen LogP contribution is 2.20. The molecule has 0 aliphatic carbocycles. The largest absolute Gasteiger partial charge is 0.465 e. The molecule has 0 fully saturated rings. The average Bonchev–Trinajstić information content (AvgIpc) is 2.25.